The molecule has 0 fully saturated rings. The summed E-state index contributed by atoms with van der Waals surface area (Å²) in [5.41, 5.74) is 8.05. The summed E-state index contributed by atoms with van der Waals surface area (Å²) in [6.45, 7) is 6.71. The lowest BCUT2D eigenvalue weighted by Gasteiger charge is -2.15. The van der Waals surface area contributed by atoms with Gasteiger partial charge in [0.2, 0.25) is 0 Å². The second-order valence-corrected chi connectivity index (χ2v) is 6.12. The first-order chi connectivity index (χ1) is 7.47. The van der Waals surface area contributed by atoms with Crippen LogP contribution in [-0.2, 0) is 5.41 Å². The van der Waals surface area contributed by atoms with Crippen molar-refractivity contribution in [2.45, 2.75) is 26.2 Å². The number of benzene rings is 1. The molecule has 0 aliphatic heterocycles. The van der Waals surface area contributed by atoms with Crippen LogP contribution in [0.25, 0.3) is 10.4 Å². The van der Waals surface area contributed by atoms with Gasteiger partial charge < -0.3 is 5.73 Å². The smallest absolute Gasteiger partial charge is 0.0346 e. The molecule has 0 unspecified atom stereocenters. The molecule has 1 aromatic heterocycles. The second-order valence-electron chi connectivity index (χ2n) is 5.04. The summed E-state index contributed by atoms with van der Waals surface area (Å²) in [6, 6.07) is 12.4. The predicted molar refractivity (Wildman–Crippen MR) is 72.9 cm³/mol. The number of anilines is 1. The van der Waals surface area contributed by atoms with E-state index in [1.165, 1.54) is 15.3 Å². The largest absolute Gasteiger partial charge is 0.399 e. The Kier molecular flexibility index (Phi) is 2.76. The molecule has 0 bridgehead atoms. The van der Waals surface area contributed by atoms with Crippen LogP contribution in [0, 0.1) is 0 Å². The summed E-state index contributed by atoms with van der Waals surface area (Å²) < 4.78 is 0. The Morgan fingerprint density at radius 1 is 1.06 bits per heavy atom. The van der Waals surface area contributed by atoms with Crippen molar-refractivity contribution in [1.29, 1.82) is 0 Å². The van der Waals surface area contributed by atoms with E-state index in [0.29, 0.717) is 0 Å². The van der Waals surface area contributed by atoms with E-state index in [-0.39, 0.29) is 5.41 Å². The van der Waals surface area contributed by atoms with Crippen LogP contribution in [0.1, 0.15) is 25.6 Å². The van der Waals surface area contributed by atoms with Gasteiger partial charge in [-0.3, -0.25) is 0 Å². The van der Waals surface area contributed by atoms with Gasteiger partial charge in [0.25, 0.3) is 0 Å². The van der Waals surface area contributed by atoms with Gasteiger partial charge in [-0.1, -0.05) is 32.9 Å². The first kappa shape index (κ1) is 11.2. The van der Waals surface area contributed by atoms with Crippen LogP contribution >= 0.6 is 11.3 Å². The quantitative estimate of drug-likeness (QED) is 0.728. The Hall–Kier alpha value is -1.28. The molecular formula is C14H17NS. The zero-order valence-corrected chi connectivity index (χ0v) is 10.8. The van der Waals surface area contributed by atoms with Crippen LogP contribution in [0.2, 0.25) is 0 Å². The van der Waals surface area contributed by atoms with Crippen LogP contribution in [0.15, 0.2) is 36.4 Å². The van der Waals surface area contributed by atoms with E-state index in [1.54, 1.807) is 0 Å². The molecule has 1 heterocycles. The lowest BCUT2D eigenvalue weighted by atomic mass is 9.95. The molecule has 0 aliphatic rings. The first-order valence-electron chi connectivity index (χ1n) is 5.43. The van der Waals surface area contributed by atoms with Gasteiger partial charge in [-0.2, -0.15) is 0 Å². The summed E-state index contributed by atoms with van der Waals surface area (Å²) in [4.78, 5) is 2.70. The average molecular weight is 231 g/mol. The Morgan fingerprint density at radius 3 is 2.38 bits per heavy atom. The number of thiophene rings is 1. The van der Waals surface area contributed by atoms with Crippen molar-refractivity contribution in [1.82, 2.24) is 0 Å². The minimum absolute atomic E-state index is 0.225. The fourth-order valence-corrected chi connectivity index (χ4v) is 2.65. The van der Waals surface area contributed by atoms with Crippen LogP contribution in [0.5, 0.6) is 0 Å². The molecule has 0 radical (unpaired) electrons. The van der Waals surface area contributed by atoms with Gasteiger partial charge in [-0.05, 0) is 35.2 Å². The van der Waals surface area contributed by atoms with E-state index in [4.69, 9.17) is 5.73 Å². The molecule has 1 nitrogen and oxygen atoms in total. The highest BCUT2D eigenvalue weighted by molar-refractivity contribution is 7.15. The first-order valence-corrected chi connectivity index (χ1v) is 6.25. The second kappa shape index (κ2) is 3.95. The van der Waals surface area contributed by atoms with Crippen LogP contribution < -0.4 is 5.73 Å². The molecule has 0 saturated heterocycles. The third-order valence-electron chi connectivity index (χ3n) is 2.52. The molecule has 0 amide bonds. The van der Waals surface area contributed by atoms with E-state index in [9.17, 15) is 0 Å². The molecule has 1 aromatic carbocycles. The van der Waals surface area contributed by atoms with Crippen molar-refractivity contribution < 1.29 is 0 Å². The predicted octanol–water partition coefficient (Wildman–Crippen LogP) is 4.29. The minimum atomic E-state index is 0.225. The molecule has 84 valence electrons. The molecule has 2 heteroatoms. The normalized spacial score (nSPS) is 11.7. The lowest BCUT2D eigenvalue weighted by Crippen LogP contribution is -2.07. The Morgan fingerprint density at radius 2 is 1.81 bits per heavy atom. The van der Waals surface area contributed by atoms with E-state index in [0.717, 1.165) is 5.69 Å². The van der Waals surface area contributed by atoms with Gasteiger partial charge in [0.15, 0.2) is 0 Å². The Balaban J connectivity index is 2.39. The summed E-state index contributed by atoms with van der Waals surface area (Å²) in [6.07, 6.45) is 0. The van der Waals surface area contributed by atoms with Crippen molar-refractivity contribution in [2.24, 2.45) is 0 Å². The molecule has 2 N–H and O–H groups in total. The lowest BCUT2D eigenvalue weighted by molar-refractivity contribution is 0.604. The van der Waals surface area contributed by atoms with Crippen molar-refractivity contribution in [2.75, 3.05) is 5.73 Å². The maximum Gasteiger partial charge on any atom is 0.0346 e. The van der Waals surface area contributed by atoms with Crippen LogP contribution in [0.4, 0.5) is 5.69 Å². The molecular weight excluding hydrogens is 214 g/mol. The standard InChI is InChI=1S/C14H17NS/c1-14(2,3)13-8-7-12(16-13)10-5-4-6-11(15)9-10/h4-9H,15H2,1-3H3. The SMILES string of the molecule is CC(C)(C)c1ccc(-c2cccc(N)c2)s1. The highest BCUT2D eigenvalue weighted by Gasteiger charge is 2.16. The molecule has 0 aliphatic carbocycles. The van der Waals surface area contributed by atoms with E-state index in [2.05, 4.69) is 39.0 Å². The Bertz CT molecular complexity index is 491. The van der Waals surface area contributed by atoms with E-state index in [1.807, 2.05) is 29.5 Å². The molecule has 0 atom stereocenters. The summed E-state index contributed by atoms with van der Waals surface area (Å²) in [5, 5.41) is 0. The minimum Gasteiger partial charge on any atom is -0.399 e. The van der Waals surface area contributed by atoms with E-state index < -0.39 is 0 Å². The fourth-order valence-electron chi connectivity index (χ4n) is 1.59. The van der Waals surface area contributed by atoms with Crippen molar-refractivity contribution in [3.8, 4) is 10.4 Å². The number of nitrogen functional groups attached to an aromatic ring is 1. The zero-order valence-electron chi connectivity index (χ0n) is 9.95. The van der Waals surface area contributed by atoms with Gasteiger partial charge in [-0.25, -0.2) is 0 Å². The van der Waals surface area contributed by atoms with Crippen LogP contribution in [0.3, 0.4) is 0 Å². The van der Waals surface area contributed by atoms with E-state index >= 15 is 0 Å². The molecule has 16 heavy (non-hydrogen) atoms. The summed E-state index contributed by atoms with van der Waals surface area (Å²) in [7, 11) is 0. The van der Waals surface area contributed by atoms with Gasteiger partial charge in [0.1, 0.15) is 0 Å². The molecule has 0 saturated carbocycles. The topological polar surface area (TPSA) is 26.0 Å². The van der Waals surface area contributed by atoms with Gasteiger partial charge in [0, 0.05) is 15.4 Å². The maximum absolute atomic E-state index is 5.79. The number of rotatable bonds is 1. The maximum atomic E-state index is 5.79. The number of hydrogen-bond donors (Lipinski definition) is 1. The monoisotopic (exact) mass is 231 g/mol. The zero-order chi connectivity index (χ0) is 11.8. The van der Waals surface area contributed by atoms with Crippen molar-refractivity contribution in [3.05, 3.63) is 41.3 Å². The van der Waals surface area contributed by atoms with Crippen LogP contribution in [-0.4, -0.2) is 0 Å². The van der Waals surface area contributed by atoms with Gasteiger partial charge in [-0.15, -0.1) is 11.3 Å². The number of hydrogen-bond acceptors (Lipinski definition) is 2. The third-order valence-corrected chi connectivity index (χ3v) is 4.08. The number of nitrogens with two attached hydrogens (primary N) is 1. The highest BCUT2D eigenvalue weighted by Crippen LogP contribution is 2.35. The highest BCUT2D eigenvalue weighted by atomic mass is 32.1. The van der Waals surface area contributed by atoms with Gasteiger partial charge in [0.05, 0.1) is 0 Å². The van der Waals surface area contributed by atoms with Crippen molar-refractivity contribution in [3.63, 3.8) is 0 Å². The summed E-state index contributed by atoms with van der Waals surface area (Å²) in [5.74, 6) is 0. The van der Waals surface area contributed by atoms with Crippen molar-refractivity contribution >= 4 is 17.0 Å². The Labute approximate surface area is 101 Å². The average Bonchev–Trinajstić information content (AvgIpc) is 2.65. The third kappa shape index (κ3) is 2.27. The van der Waals surface area contributed by atoms with Gasteiger partial charge >= 0.3 is 0 Å². The molecule has 2 rings (SSSR count). The molecule has 0 spiro atoms. The fraction of sp³-hybridized carbons (Fsp3) is 0.286. The summed E-state index contributed by atoms with van der Waals surface area (Å²) >= 11 is 1.85. The molecule has 2 aromatic rings.